The third kappa shape index (κ3) is 4.53. The highest BCUT2D eigenvalue weighted by molar-refractivity contribution is 7.89. The van der Waals surface area contributed by atoms with E-state index in [1.165, 1.54) is 5.56 Å². The van der Waals surface area contributed by atoms with Crippen LogP contribution < -0.4 is 16.0 Å². The molecule has 2 fully saturated rings. The molecule has 0 amide bonds. The van der Waals surface area contributed by atoms with E-state index >= 15 is 0 Å². The Bertz CT molecular complexity index is 1160. The van der Waals surface area contributed by atoms with Gasteiger partial charge in [-0.15, -0.1) is 0 Å². The van der Waals surface area contributed by atoms with Gasteiger partial charge in [-0.25, -0.2) is 4.98 Å². The second kappa shape index (κ2) is 8.98. The molecule has 3 N–H and O–H groups in total. The molecule has 0 spiro atoms. The van der Waals surface area contributed by atoms with Crippen LogP contribution in [0.2, 0.25) is 0 Å². The van der Waals surface area contributed by atoms with Crippen LogP contribution in [-0.4, -0.2) is 44.5 Å². The number of aromatic nitrogens is 3. The second-order valence-electron chi connectivity index (χ2n) is 8.65. The zero-order chi connectivity index (χ0) is 22.1. The van der Waals surface area contributed by atoms with Crippen molar-refractivity contribution in [3.63, 3.8) is 0 Å². The van der Waals surface area contributed by atoms with Gasteiger partial charge in [0, 0.05) is 29.9 Å². The van der Waals surface area contributed by atoms with E-state index in [0.717, 1.165) is 55.8 Å². The van der Waals surface area contributed by atoms with E-state index in [1.807, 2.05) is 6.07 Å². The normalized spacial score (nSPS) is 19.5. The molecule has 2 atom stereocenters. The molecule has 0 radical (unpaired) electrons. The van der Waals surface area contributed by atoms with Crippen molar-refractivity contribution in [1.29, 1.82) is 5.26 Å². The molecule has 32 heavy (non-hydrogen) atoms. The lowest BCUT2D eigenvalue weighted by molar-refractivity contribution is 0.460. The Kier molecular flexibility index (Phi) is 5.91. The molecule has 8 nitrogen and oxygen atoms in total. The van der Waals surface area contributed by atoms with Crippen LogP contribution in [0.3, 0.4) is 0 Å². The number of nitrogens with one attached hydrogen (secondary N) is 3. The van der Waals surface area contributed by atoms with E-state index in [-0.39, 0.29) is 0 Å². The van der Waals surface area contributed by atoms with E-state index in [2.05, 4.69) is 50.3 Å². The van der Waals surface area contributed by atoms with Crippen molar-refractivity contribution in [2.24, 2.45) is 0 Å². The highest BCUT2D eigenvalue weighted by Gasteiger charge is 2.24. The maximum absolute atomic E-state index is 12.1. The topological polar surface area (TPSA) is 113 Å². The predicted molar refractivity (Wildman–Crippen MR) is 127 cm³/mol. The summed E-state index contributed by atoms with van der Waals surface area (Å²) < 4.78 is 13.8. The van der Waals surface area contributed by atoms with Gasteiger partial charge < -0.3 is 20.5 Å². The summed E-state index contributed by atoms with van der Waals surface area (Å²) in [7, 11) is 0. The molecule has 3 heterocycles. The molecule has 1 aliphatic carbocycles. The second-order valence-corrected chi connectivity index (χ2v) is 10.1. The number of fused-ring (bicyclic) bond motifs is 1. The number of nitrogens with zero attached hydrogens (tertiary/aromatic N) is 4. The van der Waals surface area contributed by atoms with Gasteiger partial charge in [-0.2, -0.15) is 14.9 Å². The Morgan fingerprint density at radius 2 is 2.19 bits per heavy atom. The molecule has 0 unspecified atom stereocenters. The molecule has 2 aromatic heterocycles. The first-order chi connectivity index (χ1) is 15.6. The number of piperidine rings is 1. The Hall–Kier alpha value is -2.80. The Morgan fingerprint density at radius 1 is 1.31 bits per heavy atom. The van der Waals surface area contributed by atoms with E-state index in [4.69, 9.17) is 0 Å². The SMILES string of the molecule is C[S@+]([O-])Cc1cc(Nc2cc(NC3CC3)n3ncc(C#N)c3n2)ccc1[C@H]1CCCNC1. The minimum absolute atomic E-state index is 0.440. The molecule has 1 aliphatic heterocycles. The number of benzene rings is 1. The summed E-state index contributed by atoms with van der Waals surface area (Å²) in [5, 5.41) is 24.1. The fraction of sp³-hybridized carbons (Fsp3) is 0.435. The van der Waals surface area contributed by atoms with Crippen LogP contribution in [0.4, 0.5) is 17.3 Å². The third-order valence-electron chi connectivity index (χ3n) is 6.03. The standard InChI is InChI=1S/C23H27N7OS/c1-32(31)14-16-9-19(6-7-20(16)15-3-2-8-25-12-15)27-21-10-22(28-18-4-5-18)30-23(29-21)17(11-24)13-26-30/h6-7,9-10,13,15,18,25,28H,2-5,8,12,14H2,1H3,(H,27,29)/t15-,32-/m0/s1. The Balaban J connectivity index is 1.48. The maximum Gasteiger partial charge on any atom is 0.177 e. The smallest absolute Gasteiger partial charge is 0.177 e. The molecule has 1 aromatic carbocycles. The highest BCUT2D eigenvalue weighted by atomic mass is 32.2. The van der Waals surface area contributed by atoms with Crippen molar-refractivity contribution in [3.05, 3.63) is 47.2 Å². The summed E-state index contributed by atoms with van der Waals surface area (Å²) >= 11 is -0.928. The lowest BCUT2D eigenvalue weighted by atomic mass is 9.88. The lowest BCUT2D eigenvalue weighted by Gasteiger charge is -2.25. The first-order valence-electron chi connectivity index (χ1n) is 11.1. The van der Waals surface area contributed by atoms with Crippen LogP contribution in [0, 0.1) is 11.3 Å². The monoisotopic (exact) mass is 449 g/mol. The molecular formula is C23H27N7OS. The molecular weight excluding hydrogens is 422 g/mol. The van der Waals surface area contributed by atoms with E-state index < -0.39 is 11.2 Å². The molecule has 9 heteroatoms. The fourth-order valence-electron chi connectivity index (χ4n) is 4.34. The number of hydrogen-bond donors (Lipinski definition) is 3. The molecule has 2 aliphatic rings. The zero-order valence-corrected chi connectivity index (χ0v) is 18.9. The molecule has 0 bridgehead atoms. The lowest BCUT2D eigenvalue weighted by Crippen LogP contribution is -2.29. The average molecular weight is 450 g/mol. The summed E-state index contributed by atoms with van der Waals surface area (Å²) in [4.78, 5) is 4.65. The van der Waals surface area contributed by atoms with Gasteiger partial charge in [0.15, 0.2) is 5.65 Å². The summed E-state index contributed by atoms with van der Waals surface area (Å²) in [5.41, 5.74) is 4.25. The van der Waals surface area contributed by atoms with Crippen molar-refractivity contribution in [2.45, 2.75) is 43.4 Å². The van der Waals surface area contributed by atoms with Crippen LogP contribution in [0.15, 0.2) is 30.5 Å². The van der Waals surface area contributed by atoms with Crippen LogP contribution in [-0.2, 0) is 16.9 Å². The largest absolute Gasteiger partial charge is 0.616 e. The van der Waals surface area contributed by atoms with Crippen LogP contribution in [0.1, 0.15) is 48.3 Å². The number of hydrogen-bond acceptors (Lipinski definition) is 7. The van der Waals surface area contributed by atoms with Crippen molar-refractivity contribution < 1.29 is 4.55 Å². The Labute approximate surface area is 190 Å². The van der Waals surface area contributed by atoms with Crippen LogP contribution >= 0.6 is 0 Å². The highest BCUT2D eigenvalue weighted by Crippen LogP contribution is 2.31. The average Bonchev–Trinajstić information content (AvgIpc) is 3.50. The van der Waals surface area contributed by atoms with Crippen molar-refractivity contribution in [3.8, 4) is 6.07 Å². The summed E-state index contributed by atoms with van der Waals surface area (Å²) in [6.45, 7) is 2.03. The van der Waals surface area contributed by atoms with Crippen LogP contribution in [0.25, 0.3) is 5.65 Å². The molecule has 3 aromatic rings. The van der Waals surface area contributed by atoms with Gasteiger partial charge in [0.25, 0.3) is 0 Å². The van der Waals surface area contributed by atoms with Crippen molar-refractivity contribution in [2.75, 3.05) is 30.0 Å². The summed E-state index contributed by atoms with van der Waals surface area (Å²) in [6, 6.07) is 10.8. The minimum atomic E-state index is -0.928. The third-order valence-corrected chi connectivity index (χ3v) is 6.75. The molecule has 1 saturated carbocycles. The predicted octanol–water partition coefficient (Wildman–Crippen LogP) is 3.26. The summed E-state index contributed by atoms with van der Waals surface area (Å²) in [6.07, 6.45) is 7.87. The van der Waals surface area contributed by atoms with Gasteiger partial charge >= 0.3 is 0 Å². The van der Waals surface area contributed by atoms with Gasteiger partial charge in [0.2, 0.25) is 0 Å². The number of nitriles is 1. The van der Waals surface area contributed by atoms with Gasteiger partial charge in [-0.05, 0) is 55.8 Å². The first-order valence-corrected chi connectivity index (χ1v) is 12.8. The number of rotatable bonds is 7. The zero-order valence-electron chi connectivity index (χ0n) is 18.1. The van der Waals surface area contributed by atoms with E-state index in [1.54, 1.807) is 17.0 Å². The summed E-state index contributed by atoms with van der Waals surface area (Å²) in [5.74, 6) is 2.45. The van der Waals surface area contributed by atoms with Gasteiger partial charge in [0.05, 0.1) is 12.5 Å². The maximum atomic E-state index is 12.1. The molecule has 1 saturated heterocycles. The van der Waals surface area contributed by atoms with E-state index in [9.17, 15) is 9.81 Å². The Morgan fingerprint density at radius 3 is 2.91 bits per heavy atom. The minimum Gasteiger partial charge on any atom is -0.616 e. The molecule has 166 valence electrons. The number of anilines is 3. The van der Waals surface area contributed by atoms with Crippen LogP contribution in [0.5, 0.6) is 0 Å². The van der Waals surface area contributed by atoms with E-state index in [0.29, 0.717) is 34.7 Å². The van der Waals surface area contributed by atoms with Crippen molar-refractivity contribution >= 4 is 34.1 Å². The van der Waals surface area contributed by atoms with Gasteiger partial charge in [-0.1, -0.05) is 17.2 Å². The first kappa shape index (κ1) is 21.1. The fourth-order valence-corrected chi connectivity index (χ4v) is 5.02. The van der Waals surface area contributed by atoms with Gasteiger partial charge in [-0.3, -0.25) is 0 Å². The van der Waals surface area contributed by atoms with Crippen molar-refractivity contribution in [1.82, 2.24) is 19.9 Å². The van der Waals surface area contributed by atoms with Gasteiger partial charge in [0.1, 0.15) is 29.0 Å². The quantitative estimate of drug-likeness (QED) is 0.475. The molecule has 5 rings (SSSR count).